The van der Waals surface area contributed by atoms with E-state index in [2.05, 4.69) is 12.2 Å². The van der Waals surface area contributed by atoms with E-state index in [1.807, 2.05) is 11.9 Å². The molecular formula is C17H30N2O3. The highest BCUT2D eigenvalue weighted by molar-refractivity contribution is 5.77. The molecule has 22 heavy (non-hydrogen) atoms. The number of nitrogens with zero attached hydrogens (tertiary/aromatic N) is 1. The molecule has 2 saturated carbocycles. The van der Waals surface area contributed by atoms with Gasteiger partial charge in [0.2, 0.25) is 5.91 Å². The van der Waals surface area contributed by atoms with E-state index in [0.717, 1.165) is 26.1 Å². The summed E-state index contributed by atoms with van der Waals surface area (Å²) in [7, 11) is 1.98. The molecular weight excluding hydrogens is 280 g/mol. The zero-order valence-electron chi connectivity index (χ0n) is 14.0. The Balaban J connectivity index is 1.59. The van der Waals surface area contributed by atoms with Gasteiger partial charge in [-0.25, -0.2) is 0 Å². The van der Waals surface area contributed by atoms with Crippen LogP contribution in [0.1, 0.15) is 45.4 Å². The molecule has 3 atom stereocenters. The SMILES string of the molecule is CCO[C@@H]1C[C@@H](N(C)C(=O)C[C@@H]2CNCCO2)C12CCCC2. The van der Waals surface area contributed by atoms with Gasteiger partial charge in [0.1, 0.15) is 0 Å². The molecule has 5 heteroatoms. The van der Waals surface area contributed by atoms with Crippen molar-refractivity contribution < 1.29 is 14.3 Å². The van der Waals surface area contributed by atoms with Gasteiger partial charge in [0.25, 0.3) is 0 Å². The van der Waals surface area contributed by atoms with Gasteiger partial charge < -0.3 is 19.7 Å². The van der Waals surface area contributed by atoms with Crippen LogP contribution in [0.4, 0.5) is 0 Å². The Labute approximate surface area is 133 Å². The average molecular weight is 310 g/mol. The lowest BCUT2D eigenvalue weighted by molar-refractivity contribution is -0.174. The van der Waals surface area contributed by atoms with Crippen LogP contribution in [0, 0.1) is 5.41 Å². The molecule has 1 saturated heterocycles. The molecule has 3 rings (SSSR count). The summed E-state index contributed by atoms with van der Waals surface area (Å²) in [5, 5.41) is 3.29. The molecule has 5 nitrogen and oxygen atoms in total. The fraction of sp³-hybridized carbons (Fsp3) is 0.941. The van der Waals surface area contributed by atoms with Crippen LogP contribution in [-0.4, -0.2) is 62.4 Å². The van der Waals surface area contributed by atoms with Crippen molar-refractivity contribution in [3.05, 3.63) is 0 Å². The van der Waals surface area contributed by atoms with E-state index in [0.29, 0.717) is 25.2 Å². The number of nitrogens with one attached hydrogen (secondary N) is 1. The van der Waals surface area contributed by atoms with E-state index in [4.69, 9.17) is 9.47 Å². The van der Waals surface area contributed by atoms with Crippen LogP contribution in [0.2, 0.25) is 0 Å². The van der Waals surface area contributed by atoms with Crippen LogP contribution in [-0.2, 0) is 14.3 Å². The van der Waals surface area contributed by atoms with Gasteiger partial charge in [0.15, 0.2) is 0 Å². The molecule has 1 N–H and O–H groups in total. The van der Waals surface area contributed by atoms with Gasteiger partial charge in [0.05, 0.1) is 25.2 Å². The van der Waals surface area contributed by atoms with E-state index in [-0.39, 0.29) is 17.4 Å². The topological polar surface area (TPSA) is 50.8 Å². The number of carbonyl (C=O) groups excluding carboxylic acids is 1. The normalized spacial score (nSPS) is 33.6. The predicted molar refractivity (Wildman–Crippen MR) is 84.7 cm³/mol. The highest BCUT2D eigenvalue weighted by Crippen LogP contribution is 2.56. The van der Waals surface area contributed by atoms with E-state index in [1.54, 1.807) is 0 Å². The first-order valence-electron chi connectivity index (χ1n) is 8.87. The third-order valence-corrected chi connectivity index (χ3v) is 5.91. The molecule has 3 aliphatic rings. The summed E-state index contributed by atoms with van der Waals surface area (Å²) < 4.78 is 11.6. The first-order chi connectivity index (χ1) is 10.7. The molecule has 1 heterocycles. The molecule has 2 aliphatic carbocycles. The van der Waals surface area contributed by atoms with Crippen molar-refractivity contribution in [3.8, 4) is 0 Å². The van der Waals surface area contributed by atoms with E-state index < -0.39 is 0 Å². The van der Waals surface area contributed by atoms with Crippen molar-refractivity contribution in [1.29, 1.82) is 0 Å². The number of carbonyl (C=O) groups is 1. The van der Waals surface area contributed by atoms with Gasteiger partial charge in [0, 0.05) is 38.2 Å². The zero-order valence-corrected chi connectivity index (χ0v) is 14.0. The van der Waals surface area contributed by atoms with Gasteiger partial charge in [-0.2, -0.15) is 0 Å². The van der Waals surface area contributed by atoms with Crippen LogP contribution in [0.5, 0.6) is 0 Å². The summed E-state index contributed by atoms with van der Waals surface area (Å²) in [5.74, 6) is 0.222. The Morgan fingerprint density at radius 3 is 2.82 bits per heavy atom. The van der Waals surface area contributed by atoms with Crippen LogP contribution in [0.3, 0.4) is 0 Å². The first-order valence-corrected chi connectivity index (χ1v) is 8.87. The van der Waals surface area contributed by atoms with Crippen molar-refractivity contribution in [2.45, 2.75) is 63.7 Å². The minimum atomic E-state index is 0.0333. The van der Waals surface area contributed by atoms with E-state index in [9.17, 15) is 4.79 Å². The van der Waals surface area contributed by atoms with E-state index in [1.165, 1.54) is 25.7 Å². The van der Waals surface area contributed by atoms with Gasteiger partial charge in [-0.15, -0.1) is 0 Å². The zero-order chi connectivity index (χ0) is 15.6. The second-order valence-electron chi connectivity index (χ2n) is 7.04. The van der Waals surface area contributed by atoms with Gasteiger partial charge in [-0.1, -0.05) is 12.8 Å². The quantitative estimate of drug-likeness (QED) is 0.837. The maximum absolute atomic E-state index is 12.6. The van der Waals surface area contributed by atoms with Crippen LogP contribution in [0.15, 0.2) is 0 Å². The summed E-state index contributed by atoms with van der Waals surface area (Å²) in [6.07, 6.45) is 6.85. The van der Waals surface area contributed by atoms with Crippen LogP contribution >= 0.6 is 0 Å². The monoisotopic (exact) mass is 310 g/mol. The summed E-state index contributed by atoms with van der Waals surface area (Å²) in [6, 6.07) is 0.357. The molecule has 1 spiro atoms. The van der Waals surface area contributed by atoms with Crippen molar-refractivity contribution in [3.63, 3.8) is 0 Å². The second kappa shape index (κ2) is 6.85. The Kier molecular flexibility index (Phi) is 5.05. The maximum Gasteiger partial charge on any atom is 0.225 e. The smallest absolute Gasteiger partial charge is 0.225 e. The molecule has 0 aromatic rings. The summed E-state index contributed by atoms with van der Waals surface area (Å²) in [5.41, 5.74) is 0.228. The fourth-order valence-electron chi connectivity index (χ4n) is 4.66. The highest BCUT2D eigenvalue weighted by atomic mass is 16.5. The molecule has 1 amide bonds. The van der Waals surface area contributed by atoms with Crippen LogP contribution in [0.25, 0.3) is 0 Å². The average Bonchev–Trinajstić information content (AvgIpc) is 3.04. The second-order valence-corrected chi connectivity index (χ2v) is 7.04. The van der Waals surface area contributed by atoms with Gasteiger partial charge >= 0.3 is 0 Å². The lowest BCUT2D eigenvalue weighted by Crippen LogP contribution is -2.64. The third-order valence-electron chi connectivity index (χ3n) is 5.91. The molecule has 3 fully saturated rings. The maximum atomic E-state index is 12.6. The number of rotatable bonds is 5. The lowest BCUT2D eigenvalue weighted by Gasteiger charge is -2.57. The van der Waals surface area contributed by atoms with Gasteiger partial charge in [-0.05, 0) is 26.2 Å². The van der Waals surface area contributed by atoms with Gasteiger partial charge in [-0.3, -0.25) is 4.79 Å². The molecule has 0 bridgehead atoms. The van der Waals surface area contributed by atoms with Crippen molar-refractivity contribution >= 4 is 5.91 Å². The number of hydrogen-bond donors (Lipinski definition) is 1. The third kappa shape index (κ3) is 2.91. The molecule has 1 aliphatic heterocycles. The van der Waals surface area contributed by atoms with Crippen molar-refractivity contribution in [2.75, 3.05) is 33.4 Å². The Morgan fingerprint density at radius 2 is 2.18 bits per heavy atom. The summed E-state index contributed by atoms with van der Waals surface area (Å²) in [4.78, 5) is 14.6. The minimum absolute atomic E-state index is 0.0333. The number of amides is 1. The minimum Gasteiger partial charge on any atom is -0.378 e. The molecule has 0 unspecified atom stereocenters. The summed E-state index contributed by atoms with van der Waals surface area (Å²) in [6.45, 7) is 5.23. The van der Waals surface area contributed by atoms with E-state index >= 15 is 0 Å². The summed E-state index contributed by atoms with van der Waals surface area (Å²) >= 11 is 0. The lowest BCUT2D eigenvalue weighted by atomic mass is 9.60. The number of hydrogen-bond acceptors (Lipinski definition) is 4. The van der Waals surface area contributed by atoms with Crippen molar-refractivity contribution in [1.82, 2.24) is 10.2 Å². The first kappa shape index (κ1) is 16.2. The van der Waals surface area contributed by atoms with Crippen molar-refractivity contribution in [2.24, 2.45) is 5.41 Å². The largest absolute Gasteiger partial charge is 0.378 e. The standard InChI is InChI=1S/C17H30N2O3/c1-3-21-15-11-14(17(15)6-4-5-7-17)19(2)16(20)10-13-12-18-8-9-22-13/h13-15,18H,3-12H2,1-2H3/t13-,14-,15-/m1/s1. The predicted octanol–water partition coefficient (Wildman–Crippen LogP) is 1.56. The number of morpholine rings is 1. The highest BCUT2D eigenvalue weighted by Gasteiger charge is 2.58. The molecule has 0 aromatic heterocycles. The number of ether oxygens (including phenoxy) is 2. The Hall–Kier alpha value is -0.650. The van der Waals surface area contributed by atoms with Crippen LogP contribution < -0.4 is 5.32 Å². The molecule has 0 radical (unpaired) electrons. The molecule has 0 aromatic carbocycles. The molecule has 126 valence electrons. The Morgan fingerprint density at radius 1 is 1.41 bits per heavy atom. The Bertz CT molecular complexity index is 389. The fourth-order valence-corrected chi connectivity index (χ4v) is 4.66.